The van der Waals surface area contributed by atoms with Crippen LogP contribution >= 0.6 is 24.0 Å². The summed E-state index contributed by atoms with van der Waals surface area (Å²) in [4.78, 5) is 10.7. The third-order valence-electron chi connectivity index (χ3n) is 3.98. The predicted octanol–water partition coefficient (Wildman–Crippen LogP) is 2.38. The third-order valence-corrected chi connectivity index (χ3v) is 3.98. The van der Waals surface area contributed by atoms with Crippen molar-refractivity contribution in [3.63, 3.8) is 0 Å². The number of aromatic nitrogens is 1. The number of hydrogen-bond donors (Lipinski definition) is 2. The molecule has 1 saturated carbocycles. The van der Waals surface area contributed by atoms with Crippen LogP contribution in [0.4, 0.5) is 0 Å². The first-order chi connectivity index (χ1) is 11.1. The van der Waals surface area contributed by atoms with Crippen LogP contribution in [0.1, 0.15) is 37.7 Å². The topological polar surface area (TPSA) is 75.8 Å². The highest BCUT2D eigenvalue weighted by Gasteiger charge is 2.13. The zero-order valence-corrected chi connectivity index (χ0v) is 17.0. The molecule has 1 heterocycles. The number of guanidine groups is 1. The summed E-state index contributed by atoms with van der Waals surface area (Å²) in [6.45, 7) is 2.03. The first-order valence-corrected chi connectivity index (χ1v) is 8.42. The molecule has 0 saturated heterocycles. The van der Waals surface area contributed by atoms with E-state index in [9.17, 15) is 0 Å². The van der Waals surface area contributed by atoms with Crippen LogP contribution in [0.15, 0.2) is 23.3 Å². The average Bonchev–Trinajstić information content (AvgIpc) is 2.54. The molecule has 7 heteroatoms. The quantitative estimate of drug-likeness (QED) is 0.382. The van der Waals surface area contributed by atoms with E-state index in [1.54, 1.807) is 6.20 Å². The molecule has 136 valence electrons. The SMILES string of the molecule is CN(C)CCOc1cc(CN=C(N)NC2CCCCC2)ccn1.I. The van der Waals surface area contributed by atoms with Gasteiger partial charge in [-0.1, -0.05) is 19.3 Å². The minimum absolute atomic E-state index is 0. The second kappa shape index (κ2) is 11.5. The molecule has 0 aliphatic heterocycles. The van der Waals surface area contributed by atoms with Crippen molar-refractivity contribution >= 4 is 29.9 Å². The number of aliphatic imine (C=N–C) groups is 1. The van der Waals surface area contributed by atoms with Gasteiger partial charge in [-0.2, -0.15) is 0 Å². The average molecular weight is 447 g/mol. The van der Waals surface area contributed by atoms with E-state index in [1.807, 2.05) is 26.2 Å². The highest BCUT2D eigenvalue weighted by molar-refractivity contribution is 14.0. The van der Waals surface area contributed by atoms with E-state index in [4.69, 9.17) is 10.5 Å². The van der Waals surface area contributed by atoms with E-state index in [-0.39, 0.29) is 24.0 Å². The lowest BCUT2D eigenvalue weighted by Gasteiger charge is -2.23. The van der Waals surface area contributed by atoms with Gasteiger partial charge in [-0.25, -0.2) is 9.98 Å². The Morgan fingerprint density at radius 3 is 2.83 bits per heavy atom. The minimum Gasteiger partial charge on any atom is -0.476 e. The summed E-state index contributed by atoms with van der Waals surface area (Å²) in [6.07, 6.45) is 8.03. The lowest BCUT2D eigenvalue weighted by atomic mass is 9.96. The molecule has 0 spiro atoms. The molecule has 0 atom stereocenters. The Bertz CT molecular complexity index is 504. The zero-order valence-electron chi connectivity index (χ0n) is 14.7. The molecule has 2 rings (SSSR count). The van der Waals surface area contributed by atoms with Crippen molar-refractivity contribution in [2.24, 2.45) is 10.7 Å². The van der Waals surface area contributed by atoms with Crippen molar-refractivity contribution in [1.82, 2.24) is 15.2 Å². The van der Waals surface area contributed by atoms with E-state index < -0.39 is 0 Å². The number of ether oxygens (including phenoxy) is 1. The number of nitrogens with zero attached hydrogens (tertiary/aromatic N) is 3. The van der Waals surface area contributed by atoms with Gasteiger partial charge in [0.25, 0.3) is 0 Å². The van der Waals surface area contributed by atoms with Crippen LogP contribution in [0.2, 0.25) is 0 Å². The summed E-state index contributed by atoms with van der Waals surface area (Å²) < 4.78 is 5.64. The third kappa shape index (κ3) is 8.14. The van der Waals surface area contributed by atoms with Crippen molar-refractivity contribution in [2.45, 2.75) is 44.7 Å². The Kier molecular flexibility index (Phi) is 10.0. The number of hydrogen-bond acceptors (Lipinski definition) is 4. The van der Waals surface area contributed by atoms with Gasteiger partial charge < -0.3 is 20.7 Å². The van der Waals surface area contributed by atoms with Crippen molar-refractivity contribution in [1.29, 1.82) is 0 Å². The minimum atomic E-state index is 0. The van der Waals surface area contributed by atoms with Crippen LogP contribution in [0, 0.1) is 0 Å². The summed E-state index contributed by atoms with van der Waals surface area (Å²) in [6, 6.07) is 4.35. The van der Waals surface area contributed by atoms with Crippen LogP contribution in [-0.4, -0.2) is 49.1 Å². The van der Waals surface area contributed by atoms with Gasteiger partial charge in [-0.15, -0.1) is 24.0 Å². The molecule has 3 N–H and O–H groups in total. The molecule has 1 aromatic heterocycles. The molecule has 6 nitrogen and oxygen atoms in total. The second-order valence-electron chi connectivity index (χ2n) is 6.33. The smallest absolute Gasteiger partial charge is 0.213 e. The number of likely N-dealkylation sites (N-methyl/N-ethyl adjacent to an activating group) is 1. The Morgan fingerprint density at radius 1 is 1.38 bits per heavy atom. The summed E-state index contributed by atoms with van der Waals surface area (Å²) in [5.41, 5.74) is 7.04. The Hall–Kier alpha value is -1.09. The van der Waals surface area contributed by atoms with Gasteiger partial charge in [0.2, 0.25) is 5.88 Å². The summed E-state index contributed by atoms with van der Waals surface area (Å²) in [7, 11) is 4.04. The number of nitrogens with one attached hydrogen (secondary N) is 1. The van der Waals surface area contributed by atoms with Crippen LogP contribution in [0.3, 0.4) is 0 Å². The normalized spacial score (nSPS) is 15.9. The number of halogens is 1. The monoisotopic (exact) mass is 447 g/mol. The number of pyridine rings is 1. The van der Waals surface area contributed by atoms with Crippen LogP contribution in [0.25, 0.3) is 0 Å². The van der Waals surface area contributed by atoms with E-state index >= 15 is 0 Å². The van der Waals surface area contributed by atoms with Crippen molar-refractivity contribution < 1.29 is 4.74 Å². The van der Waals surface area contributed by atoms with Gasteiger partial charge in [-0.3, -0.25) is 0 Å². The van der Waals surface area contributed by atoms with E-state index in [0.29, 0.717) is 31.0 Å². The molecular formula is C17H30IN5O. The van der Waals surface area contributed by atoms with Crippen molar-refractivity contribution in [2.75, 3.05) is 27.2 Å². The largest absolute Gasteiger partial charge is 0.476 e. The molecular weight excluding hydrogens is 417 g/mol. The van der Waals surface area contributed by atoms with Crippen LogP contribution in [-0.2, 0) is 6.54 Å². The fourth-order valence-electron chi connectivity index (χ4n) is 2.64. The molecule has 0 bridgehead atoms. The summed E-state index contributed by atoms with van der Waals surface area (Å²) >= 11 is 0. The fourth-order valence-corrected chi connectivity index (χ4v) is 2.64. The highest BCUT2D eigenvalue weighted by atomic mass is 127. The zero-order chi connectivity index (χ0) is 16.5. The molecule has 1 aliphatic carbocycles. The van der Waals surface area contributed by atoms with E-state index in [2.05, 4.69) is 20.2 Å². The molecule has 0 aromatic carbocycles. The van der Waals surface area contributed by atoms with Crippen molar-refractivity contribution in [3.8, 4) is 5.88 Å². The maximum Gasteiger partial charge on any atom is 0.213 e. The van der Waals surface area contributed by atoms with Gasteiger partial charge in [0, 0.05) is 24.8 Å². The number of rotatable bonds is 7. The van der Waals surface area contributed by atoms with Gasteiger partial charge in [0.1, 0.15) is 6.61 Å². The lowest BCUT2D eigenvalue weighted by Crippen LogP contribution is -2.41. The molecule has 1 fully saturated rings. The second-order valence-corrected chi connectivity index (χ2v) is 6.33. The molecule has 0 radical (unpaired) electrons. The maximum absolute atomic E-state index is 5.99. The molecule has 0 unspecified atom stereocenters. The first-order valence-electron chi connectivity index (χ1n) is 8.42. The van der Waals surface area contributed by atoms with E-state index in [0.717, 1.165) is 12.1 Å². The Morgan fingerprint density at radius 2 is 2.12 bits per heavy atom. The Labute approximate surface area is 162 Å². The van der Waals surface area contributed by atoms with Gasteiger partial charge in [-0.05, 0) is 38.6 Å². The molecule has 24 heavy (non-hydrogen) atoms. The summed E-state index contributed by atoms with van der Waals surface area (Å²) in [5.74, 6) is 1.17. The van der Waals surface area contributed by atoms with Crippen molar-refractivity contribution in [3.05, 3.63) is 23.9 Å². The standard InChI is InChI=1S/C17H29N5O.HI/c1-22(2)10-11-23-16-12-14(8-9-19-16)13-20-17(18)21-15-6-4-3-5-7-15;/h8-9,12,15H,3-7,10-11,13H2,1-2H3,(H3,18,20,21);1H. The molecule has 0 amide bonds. The van der Waals surface area contributed by atoms with Gasteiger partial charge in [0.05, 0.1) is 6.54 Å². The lowest BCUT2D eigenvalue weighted by molar-refractivity contribution is 0.253. The first kappa shape index (κ1) is 21.0. The fraction of sp³-hybridized carbons (Fsp3) is 0.647. The molecule has 1 aromatic rings. The molecule has 1 aliphatic rings. The van der Waals surface area contributed by atoms with Gasteiger partial charge in [0.15, 0.2) is 5.96 Å². The maximum atomic E-state index is 5.99. The van der Waals surface area contributed by atoms with E-state index in [1.165, 1.54) is 32.1 Å². The highest BCUT2D eigenvalue weighted by Crippen LogP contribution is 2.17. The van der Waals surface area contributed by atoms with Crippen LogP contribution in [0.5, 0.6) is 5.88 Å². The Balaban J connectivity index is 0.00000288. The van der Waals surface area contributed by atoms with Crippen LogP contribution < -0.4 is 15.8 Å². The predicted molar refractivity (Wildman–Crippen MR) is 109 cm³/mol. The summed E-state index contributed by atoms with van der Waals surface area (Å²) in [5, 5.41) is 3.33. The van der Waals surface area contributed by atoms with Gasteiger partial charge >= 0.3 is 0 Å². The number of nitrogens with two attached hydrogens (primary N) is 1.